The second-order valence-electron chi connectivity index (χ2n) is 2.21. The molecule has 0 bridgehead atoms. The minimum atomic E-state index is 0.513. The van der Waals surface area contributed by atoms with Gasteiger partial charge in [-0.1, -0.05) is 0 Å². The van der Waals surface area contributed by atoms with E-state index in [-0.39, 0.29) is 0 Å². The van der Waals surface area contributed by atoms with Crippen LogP contribution in [0.15, 0.2) is 6.20 Å². The molecular formula is C7H10N4S. The van der Waals surface area contributed by atoms with Gasteiger partial charge in [-0.2, -0.15) is 5.26 Å². The Bertz CT molecular complexity index is 275. The van der Waals surface area contributed by atoms with E-state index in [0.29, 0.717) is 11.6 Å². The number of nitriles is 1. The Morgan fingerprint density at radius 2 is 2.58 bits per heavy atom. The molecule has 0 aliphatic rings. The van der Waals surface area contributed by atoms with E-state index >= 15 is 0 Å². The third-order valence-electron chi connectivity index (χ3n) is 1.27. The van der Waals surface area contributed by atoms with Crippen LogP contribution in [0.4, 0.5) is 0 Å². The minimum Gasteiger partial charge on any atom is -0.329 e. The molecule has 3 N–H and O–H groups in total. The van der Waals surface area contributed by atoms with Crippen LogP contribution in [0.3, 0.4) is 0 Å². The van der Waals surface area contributed by atoms with E-state index in [9.17, 15) is 0 Å². The first-order chi connectivity index (χ1) is 5.86. The van der Waals surface area contributed by atoms with Crippen molar-refractivity contribution in [3.05, 3.63) is 16.1 Å². The summed E-state index contributed by atoms with van der Waals surface area (Å²) in [5.41, 5.74) is 5.30. The summed E-state index contributed by atoms with van der Waals surface area (Å²) in [6.45, 7) is 2.17. The van der Waals surface area contributed by atoms with Crippen molar-refractivity contribution in [3.63, 3.8) is 0 Å². The number of nitrogens with one attached hydrogen (secondary N) is 1. The molecule has 0 aliphatic heterocycles. The van der Waals surface area contributed by atoms with Crippen molar-refractivity contribution in [2.24, 2.45) is 5.73 Å². The summed E-state index contributed by atoms with van der Waals surface area (Å²) in [5, 5.41) is 12.1. The van der Waals surface area contributed by atoms with E-state index in [1.54, 1.807) is 6.20 Å². The molecule has 0 aliphatic carbocycles. The van der Waals surface area contributed by atoms with Crippen LogP contribution in [0.1, 0.15) is 9.88 Å². The summed E-state index contributed by atoms with van der Waals surface area (Å²) >= 11 is 1.41. The van der Waals surface area contributed by atoms with Gasteiger partial charge in [-0.25, -0.2) is 4.98 Å². The van der Waals surface area contributed by atoms with Crippen molar-refractivity contribution < 1.29 is 0 Å². The van der Waals surface area contributed by atoms with Crippen LogP contribution in [-0.2, 0) is 6.54 Å². The number of nitrogens with zero attached hydrogens (tertiary/aromatic N) is 2. The van der Waals surface area contributed by atoms with Crippen LogP contribution in [0.25, 0.3) is 0 Å². The molecule has 0 radical (unpaired) electrons. The van der Waals surface area contributed by atoms with Gasteiger partial charge in [0.2, 0.25) is 0 Å². The van der Waals surface area contributed by atoms with Crippen molar-refractivity contribution in [2.45, 2.75) is 6.54 Å². The Hall–Kier alpha value is -0.960. The van der Waals surface area contributed by atoms with Crippen LogP contribution < -0.4 is 11.1 Å². The SMILES string of the molecule is N#Cc1ncc(CNCCN)s1. The average Bonchev–Trinajstić information content (AvgIpc) is 2.53. The molecular weight excluding hydrogens is 172 g/mol. The maximum absolute atomic E-state index is 8.48. The summed E-state index contributed by atoms with van der Waals surface area (Å²) in [6, 6.07) is 1.99. The van der Waals surface area contributed by atoms with Crippen molar-refractivity contribution in [1.82, 2.24) is 10.3 Å². The highest BCUT2D eigenvalue weighted by atomic mass is 32.1. The van der Waals surface area contributed by atoms with Gasteiger partial charge in [0.05, 0.1) is 0 Å². The fourth-order valence-corrected chi connectivity index (χ4v) is 1.43. The summed E-state index contributed by atoms with van der Waals surface area (Å²) in [7, 11) is 0. The molecule has 0 spiro atoms. The molecule has 0 aromatic carbocycles. The lowest BCUT2D eigenvalue weighted by atomic mass is 10.5. The normalized spacial score (nSPS) is 9.67. The van der Waals surface area contributed by atoms with Crippen LogP contribution >= 0.6 is 11.3 Å². The molecule has 0 amide bonds. The van der Waals surface area contributed by atoms with E-state index in [0.717, 1.165) is 18.0 Å². The zero-order chi connectivity index (χ0) is 8.81. The first-order valence-corrected chi connectivity index (χ1v) is 4.44. The number of aromatic nitrogens is 1. The monoisotopic (exact) mass is 182 g/mol. The molecule has 1 heterocycles. The summed E-state index contributed by atoms with van der Waals surface area (Å²) in [5.74, 6) is 0. The predicted molar refractivity (Wildman–Crippen MR) is 47.6 cm³/mol. The molecule has 1 aromatic heterocycles. The lowest BCUT2D eigenvalue weighted by molar-refractivity contribution is 0.701. The number of hydrogen-bond donors (Lipinski definition) is 2. The highest BCUT2D eigenvalue weighted by Gasteiger charge is 1.98. The number of thiazole rings is 1. The quantitative estimate of drug-likeness (QED) is 0.646. The highest BCUT2D eigenvalue weighted by Crippen LogP contribution is 2.10. The molecule has 64 valence electrons. The Labute approximate surface area is 75.0 Å². The highest BCUT2D eigenvalue weighted by molar-refractivity contribution is 7.12. The predicted octanol–water partition coefficient (Wildman–Crippen LogP) is 0.0631. The van der Waals surface area contributed by atoms with Crippen LogP contribution in [0.5, 0.6) is 0 Å². The Morgan fingerprint density at radius 1 is 1.75 bits per heavy atom. The first kappa shape index (κ1) is 9.13. The van der Waals surface area contributed by atoms with Gasteiger partial charge in [-0.15, -0.1) is 11.3 Å². The molecule has 0 saturated carbocycles. The van der Waals surface area contributed by atoms with Crippen molar-refractivity contribution in [1.29, 1.82) is 5.26 Å². The second-order valence-corrected chi connectivity index (χ2v) is 3.32. The molecule has 12 heavy (non-hydrogen) atoms. The lowest BCUT2D eigenvalue weighted by Crippen LogP contribution is -2.21. The van der Waals surface area contributed by atoms with Crippen LogP contribution in [0, 0.1) is 11.3 Å². The maximum Gasteiger partial charge on any atom is 0.194 e. The van der Waals surface area contributed by atoms with E-state index in [1.807, 2.05) is 6.07 Å². The number of hydrogen-bond acceptors (Lipinski definition) is 5. The Morgan fingerprint density at radius 3 is 3.17 bits per heavy atom. The van der Waals surface area contributed by atoms with Crippen molar-refractivity contribution >= 4 is 11.3 Å². The van der Waals surface area contributed by atoms with Gasteiger partial charge in [0.1, 0.15) is 6.07 Å². The molecule has 1 rings (SSSR count). The van der Waals surface area contributed by atoms with Gasteiger partial charge in [0.25, 0.3) is 0 Å². The molecule has 0 atom stereocenters. The number of rotatable bonds is 4. The first-order valence-electron chi connectivity index (χ1n) is 3.62. The van der Waals surface area contributed by atoms with Crippen LogP contribution in [0.2, 0.25) is 0 Å². The standard InChI is InChI=1S/C7H10N4S/c8-1-2-10-4-6-5-11-7(3-9)12-6/h5,10H,1-2,4,8H2. The maximum atomic E-state index is 8.48. The summed E-state index contributed by atoms with van der Waals surface area (Å²) < 4.78 is 0. The summed E-state index contributed by atoms with van der Waals surface area (Å²) in [4.78, 5) is 4.97. The largest absolute Gasteiger partial charge is 0.329 e. The number of nitrogens with two attached hydrogens (primary N) is 1. The Kier molecular flexibility index (Phi) is 3.67. The molecule has 4 nitrogen and oxygen atoms in total. The van der Waals surface area contributed by atoms with Crippen molar-refractivity contribution in [2.75, 3.05) is 13.1 Å². The third kappa shape index (κ3) is 2.58. The molecule has 0 unspecified atom stereocenters. The third-order valence-corrected chi connectivity index (χ3v) is 2.17. The van der Waals surface area contributed by atoms with Gasteiger partial charge in [-0.3, -0.25) is 0 Å². The van der Waals surface area contributed by atoms with E-state index in [2.05, 4.69) is 10.3 Å². The fraction of sp³-hybridized carbons (Fsp3) is 0.429. The molecule has 5 heteroatoms. The summed E-state index contributed by atoms with van der Waals surface area (Å²) in [6.07, 6.45) is 1.72. The fourth-order valence-electron chi connectivity index (χ4n) is 0.755. The second kappa shape index (κ2) is 4.83. The van der Waals surface area contributed by atoms with Gasteiger partial charge in [0, 0.05) is 30.7 Å². The van der Waals surface area contributed by atoms with E-state index < -0.39 is 0 Å². The van der Waals surface area contributed by atoms with Gasteiger partial charge < -0.3 is 11.1 Å². The van der Waals surface area contributed by atoms with E-state index in [1.165, 1.54) is 11.3 Å². The smallest absolute Gasteiger partial charge is 0.194 e. The molecule has 0 fully saturated rings. The van der Waals surface area contributed by atoms with E-state index in [4.69, 9.17) is 11.0 Å². The molecule has 1 aromatic rings. The van der Waals surface area contributed by atoms with Gasteiger partial charge in [0.15, 0.2) is 5.01 Å². The zero-order valence-electron chi connectivity index (χ0n) is 6.58. The molecule has 0 saturated heterocycles. The zero-order valence-corrected chi connectivity index (χ0v) is 7.40. The van der Waals surface area contributed by atoms with Gasteiger partial charge in [-0.05, 0) is 0 Å². The van der Waals surface area contributed by atoms with Crippen molar-refractivity contribution in [3.8, 4) is 6.07 Å². The average molecular weight is 182 g/mol. The topological polar surface area (TPSA) is 74.7 Å². The minimum absolute atomic E-state index is 0.513. The van der Waals surface area contributed by atoms with Crippen LogP contribution in [-0.4, -0.2) is 18.1 Å². The Balaban J connectivity index is 2.38. The van der Waals surface area contributed by atoms with Gasteiger partial charge >= 0.3 is 0 Å². The lowest BCUT2D eigenvalue weighted by Gasteiger charge is -1.97.